The molecule has 2 rings (SSSR count). The smallest absolute Gasteiger partial charge is 0.124 e. The Bertz CT molecular complexity index is 685. The summed E-state index contributed by atoms with van der Waals surface area (Å²) in [6.45, 7) is 7.12. The third kappa shape index (κ3) is 3.05. The van der Waals surface area contributed by atoms with Gasteiger partial charge in [0.2, 0.25) is 0 Å². The van der Waals surface area contributed by atoms with E-state index in [0.29, 0.717) is 28.7 Å². The van der Waals surface area contributed by atoms with Crippen LogP contribution in [-0.4, -0.2) is 20.4 Å². The van der Waals surface area contributed by atoms with Gasteiger partial charge < -0.3 is 20.4 Å². The largest absolute Gasteiger partial charge is 0.507 e. The first-order chi connectivity index (χ1) is 10.8. The Labute approximate surface area is 136 Å². The van der Waals surface area contributed by atoms with Gasteiger partial charge in [0, 0.05) is 17.5 Å². The lowest BCUT2D eigenvalue weighted by Gasteiger charge is -2.17. The van der Waals surface area contributed by atoms with Crippen LogP contribution in [0.5, 0.6) is 11.5 Å². The van der Waals surface area contributed by atoms with E-state index in [-0.39, 0.29) is 24.7 Å². The summed E-state index contributed by atoms with van der Waals surface area (Å²) in [7, 11) is 0. The van der Waals surface area contributed by atoms with Gasteiger partial charge in [-0.05, 0) is 61.1 Å². The van der Waals surface area contributed by atoms with Gasteiger partial charge in [-0.25, -0.2) is 0 Å². The van der Waals surface area contributed by atoms with Crippen LogP contribution in [0, 0.1) is 27.7 Å². The lowest BCUT2D eigenvalue weighted by atomic mass is 9.91. The molecule has 0 amide bonds. The minimum Gasteiger partial charge on any atom is -0.507 e. The van der Waals surface area contributed by atoms with E-state index >= 15 is 0 Å². The Hall–Kier alpha value is -2.04. The van der Waals surface area contributed by atoms with Crippen molar-refractivity contribution in [3.05, 3.63) is 56.6 Å². The maximum Gasteiger partial charge on any atom is 0.124 e. The number of aliphatic hydroxyl groups excluding tert-OH is 2. The fraction of sp³-hybridized carbons (Fsp3) is 0.368. The van der Waals surface area contributed by atoms with Crippen molar-refractivity contribution in [3.63, 3.8) is 0 Å². The lowest BCUT2D eigenvalue weighted by Crippen LogP contribution is -2.02. The summed E-state index contributed by atoms with van der Waals surface area (Å²) in [5, 5.41) is 39.8. The molecule has 0 atom stereocenters. The minimum atomic E-state index is -0.229. The van der Waals surface area contributed by atoms with Crippen LogP contribution < -0.4 is 0 Å². The molecule has 0 spiro atoms. The van der Waals surface area contributed by atoms with Gasteiger partial charge in [0.05, 0.1) is 13.2 Å². The van der Waals surface area contributed by atoms with Gasteiger partial charge in [-0.3, -0.25) is 0 Å². The van der Waals surface area contributed by atoms with Crippen molar-refractivity contribution in [2.45, 2.75) is 47.3 Å². The summed E-state index contributed by atoms with van der Waals surface area (Å²) in [5.74, 6) is 0.137. The molecule has 0 aliphatic heterocycles. The Morgan fingerprint density at radius 3 is 1.35 bits per heavy atom. The summed E-state index contributed by atoms with van der Waals surface area (Å²) in [5.41, 5.74) is 6.04. The molecule has 0 saturated carbocycles. The highest BCUT2D eigenvalue weighted by molar-refractivity contribution is 5.54. The summed E-state index contributed by atoms with van der Waals surface area (Å²) < 4.78 is 0. The Morgan fingerprint density at radius 2 is 1.04 bits per heavy atom. The molecule has 0 aliphatic rings. The van der Waals surface area contributed by atoms with Crippen molar-refractivity contribution in [3.8, 4) is 11.5 Å². The molecule has 23 heavy (non-hydrogen) atoms. The fourth-order valence-electron chi connectivity index (χ4n) is 2.96. The second kappa shape index (κ2) is 6.60. The van der Waals surface area contributed by atoms with E-state index in [4.69, 9.17) is 0 Å². The molecular formula is C19H24O4. The van der Waals surface area contributed by atoms with Crippen LogP contribution >= 0.6 is 0 Å². The molecule has 0 aliphatic carbocycles. The van der Waals surface area contributed by atoms with Crippen molar-refractivity contribution in [2.24, 2.45) is 0 Å². The molecule has 0 radical (unpaired) electrons. The number of hydrogen-bond acceptors (Lipinski definition) is 4. The molecule has 2 aromatic rings. The minimum absolute atomic E-state index is 0.0683. The van der Waals surface area contributed by atoms with Gasteiger partial charge >= 0.3 is 0 Å². The van der Waals surface area contributed by atoms with E-state index in [1.54, 1.807) is 0 Å². The molecule has 4 nitrogen and oxygen atoms in total. The summed E-state index contributed by atoms with van der Waals surface area (Å²) in [6, 6.07) is 3.74. The lowest BCUT2D eigenvalue weighted by molar-refractivity contribution is 0.274. The van der Waals surface area contributed by atoms with Crippen LogP contribution in [-0.2, 0) is 19.6 Å². The Kier molecular flexibility index (Phi) is 4.97. The van der Waals surface area contributed by atoms with E-state index in [2.05, 4.69) is 0 Å². The molecule has 0 unspecified atom stereocenters. The number of aromatic hydroxyl groups is 2. The second-order valence-electron chi connectivity index (χ2n) is 6.10. The number of benzene rings is 2. The summed E-state index contributed by atoms with van der Waals surface area (Å²) in [6.07, 6.45) is 0.333. The van der Waals surface area contributed by atoms with E-state index in [0.717, 1.165) is 22.3 Å². The molecule has 124 valence electrons. The van der Waals surface area contributed by atoms with Gasteiger partial charge in [-0.1, -0.05) is 12.1 Å². The third-order valence-electron chi connectivity index (χ3n) is 4.75. The van der Waals surface area contributed by atoms with Crippen LogP contribution in [0.4, 0.5) is 0 Å². The van der Waals surface area contributed by atoms with Gasteiger partial charge in [-0.2, -0.15) is 0 Å². The molecule has 0 aromatic heterocycles. The molecular weight excluding hydrogens is 292 g/mol. The summed E-state index contributed by atoms with van der Waals surface area (Å²) in [4.78, 5) is 0. The quantitative estimate of drug-likeness (QED) is 0.699. The van der Waals surface area contributed by atoms with Crippen LogP contribution in [0.3, 0.4) is 0 Å². The zero-order chi connectivity index (χ0) is 17.3. The van der Waals surface area contributed by atoms with E-state index in [1.807, 2.05) is 39.8 Å². The maximum absolute atomic E-state index is 10.4. The predicted octanol–water partition coefficient (Wildman–Crippen LogP) is 2.91. The van der Waals surface area contributed by atoms with Crippen molar-refractivity contribution < 1.29 is 20.4 Å². The molecule has 2 aromatic carbocycles. The highest BCUT2D eigenvalue weighted by Gasteiger charge is 2.17. The second-order valence-corrected chi connectivity index (χ2v) is 6.10. The first kappa shape index (κ1) is 17.3. The van der Waals surface area contributed by atoms with E-state index in [9.17, 15) is 20.4 Å². The van der Waals surface area contributed by atoms with Crippen molar-refractivity contribution >= 4 is 0 Å². The Morgan fingerprint density at radius 1 is 0.696 bits per heavy atom. The molecule has 4 heteroatoms. The van der Waals surface area contributed by atoms with Crippen molar-refractivity contribution in [1.29, 1.82) is 0 Å². The van der Waals surface area contributed by atoms with Crippen molar-refractivity contribution in [1.82, 2.24) is 0 Å². The average Bonchev–Trinajstić information content (AvgIpc) is 2.51. The molecule has 4 N–H and O–H groups in total. The normalized spacial score (nSPS) is 11.0. The van der Waals surface area contributed by atoms with Gasteiger partial charge in [-0.15, -0.1) is 0 Å². The number of aliphatic hydroxyl groups is 2. The number of phenols is 2. The molecule has 0 fully saturated rings. The van der Waals surface area contributed by atoms with E-state index in [1.165, 1.54) is 0 Å². The van der Waals surface area contributed by atoms with Crippen LogP contribution in [0.1, 0.15) is 44.5 Å². The third-order valence-corrected chi connectivity index (χ3v) is 4.75. The average molecular weight is 316 g/mol. The zero-order valence-electron chi connectivity index (χ0n) is 14.1. The van der Waals surface area contributed by atoms with Crippen LogP contribution in [0.2, 0.25) is 0 Å². The van der Waals surface area contributed by atoms with Gasteiger partial charge in [0.25, 0.3) is 0 Å². The topological polar surface area (TPSA) is 80.9 Å². The number of hydrogen-bond donors (Lipinski definition) is 4. The first-order valence-electron chi connectivity index (χ1n) is 7.65. The first-order valence-corrected chi connectivity index (χ1v) is 7.65. The maximum atomic E-state index is 10.4. The highest BCUT2D eigenvalue weighted by Crippen LogP contribution is 2.35. The number of rotatable bonds is 4. The number of aryl methyl sites for hydroxylation is 2. The van der Waals surface area contributed by atoms with Gasteiger partial charge in [0.15, 0.2) is 0 Å². The highest BCUT2D eigenvalue weighted by atomic mass is 16.3. The van der Waals surface area contributed by atoms with Gasteiger partial charge in [0.1, 0.15) is 11.5 Å². The Balaban J connectivity index is 2.57. The monoisotopic (exact) mass is 316 g/mol. The zero-order valence-corrected chi connectivity index (χ0v) is 14.1. The van der Waals surface area contributed by atoms with Crippen LogP contribution in [0.15, 0.2) is 12.1 Å². The summed E-state index contributed by atoms with van der Waals surface area (Å²) >= 11 is 0. The molecule has 0 saturated heterocycles. The van der Waals surface area contributed by atoms with Crippen LogP contribution in [0.25, 0.3) is 0 Å². The predicted molar refractivity (Wildman–Crippen MR) is 89.8 cm³/mol. The fourth-order valence-corrected chi connectivity index (χ4v) is 2.96. The van der Waals surface area contributed by atoms with E-state index < -0.39 is 0 Å². The van der Waals surface area contributed by atoms with Crippen molar-refractivity contribution in [2.75, 3.05) is 0 Å². The molecule has 0 heterocycles. The molecule has 0 bridgehead atoms. The SMILES string of the molecule is Cc1cc(Cc2cc(C)c(C)c(CO)c2O)c(O)c(CO)c1C. The standard InChI is InChI=1S/C19H24O4/c1-10-5-14(18(22)16(8-20)12(10)3)7-15-6-11(2)13(4)17(9-21)19(15)23/h5-6,20-23H,7-9H2,1-4H3.